The molecule has 0 aliphatic carbocycles. The van der Waals surface area contributed by atoms with Crippen molar-refractivity contribution in [2.45, 2.75) is 13.3 Å². The molecule has 0 aliphatic rings. The number of ketones is 1. The summed E-state index contributed by atoms with van der Waals surface area (Å²) in [7, 11) is 2.01. The molecule has 0 aliphatic heterocycles. The van der Waals surface area contributed by atoms with Gasteiger partial charge in [-0.25, -0.2) is 0 Å². The second-order valence-electron chi connectivity index (χ2n) is 3.82. The van der Waals surface area contributed by atoms with Gasteiger partial charge in [-0.1, -0.05) is 6.07 Å². The largest absolute Gasteiger partial charge is 0.349 e. The normalized spacial score (nSPS) is 10.9. The topological polar surface area (TPSA) is 22.0 Å². The molecule has 0 unspecified atom stereocenters. The first-order valence-corrected chi connectivity index (χ1v) is 5.60. The van der Waals surface area contributed by atoms with Gasteiger partial charge in [0, 0.05) is 35.0 Å². The van der Waals surface area contributed by atoms with Gasteiger partial charge in [0.25, 0.3) is 0 Å². The van der Waals surface area contributed by atoms with E-state index in [1.165, 1.54) is 5.52 Å². The smallest absolute Gasteiger partial charge is 0.134 e. The van der Waals surface area contributed by atoms with Crippen LogP contribution in [0.15, 0.2) is 28.9 Å². The second kappa shape index (κ2) is 3.81. The highest BCUT2D eigenvalue weighted by Gasteiger charge is 2.05. The van der Waals surface area contributed by atoms with Crippen LogP contribution in [0.5, 0.6) is 0 Å². The lowest BCUT2D eigenvalue weighted by Gasteiger charge is -2.00. The summed E-state index contributed by atoms with van der Waals surface area (Å²) in [6, 6.07) is 6.13. The van der Waals surface area contributed by atoms with Crippen molar-refractivity contribution in [1.29, 1.82) is 0 Å². The first-order chi connectivity index (χ1) is 7.08. The van der Waals surface area contributed by atoms with E-state index in [1.807, 2.05) is 19.3 Å². The molecule has 0 fully saturated rings. The van der Waals surface area contributed by atoms with Crippen molar-refractivity contribution >= 4 is 32.6 Å². The number of benzene rings is 1. The average molecular weight is 266 g/mol. The van der Waals surface area contributed by atoms with Gasteiger partial charge in [0.1, 0.15) is 5.78 Å². The molecular weight excluding hydrogens is 254 g/mol. The molecule has 0 amide bonds. The van der Waals surface area contributed by atoms with Gasteiger partial charge >= 0.3 is 0 Å². The van der Waals surface area contributed by atoms with Crippen molar-refractivity contribution in [3.8, 4) is 0 Å². The van der Waals surface area contributed by atoms with Crippen LogP contribution in [0, 0.1) is 0 Å². The molecule has 0 N–H and O–H groups in total. The lowest BCUT2D eigenvalue weighted by molar-refractivity contribution is -0.116. The molecule has 0 saturated carbocycles. The van der Waals surface area contributed by atoms with Crippen LogP contribution in [0.2, 0.25) is 0 Å². The van der Waals surface area contributed by atoms with Crippen molar-refractivity contribution in [2.75, 3.05) is 0 Å². The van der Waals surface area contributed by atoms with E-state index in [9.17, 15) is 4.79 Å². The highest BCUT2D eigenvalue weighted by Crippen LogP contribution is 2.26. The number of carbonyl (C=O) groups is 1. The Morgan fingerprint density at radius 3 is 2.87 bits per heavy atom. The van der Waals surface area contributed by atoms with Gasteiger partial charge in [0.05, 0.1) is 0 Å². The Balaban J connectivity index is 2.55. The van der Waals surface area contributed by atoms with Crippen LogP contribution < -0.4 is 0 Å². The Labute approximate surface area is 97.0 Å². The van der Waals surface area contributed by atoms with Crippen LogP contribution in [0.25, 0.3) is 10.9 Å². The number of hydrogen-bond donors (Lipinski definition) is 0. The van der Waals surface area contributed by atoms with E-state index in [-0.39, 0.29) is 5.78 Å². The number of carbonyl (C=O) groups excluding carboxylic acids is 1. The van der Waals surface area contributed by atoms with E-state index in [0.717, 1.165) is 15.4 Å². The van der Waals surface area contributed by atoms with E-state index in [4.69, 9.17) is 0 Å². The summed E-state index contributed by atoms with van der Waals surface area (Å²) in [5.74, 6) is 0.196. The highest BCUT2D eigenvalue weighted by molar-refractivity contribution is 9.10. The van der Waals surface area contributed by atoms with E-state index >= 15 is 0 Å². The molecule has 78 valence electrons. The molecule has 1 aromatic heterocycles. The third-order valence-corrected chi connectivity index (χ3v) is 3.09. The fourth-order valence-corrected chi connectivity index (χ4v) is 2.41. The van der Waals surface area contributed by atoms with E-state index < -0.39 is 0 Å². The van der Waals surface area contributed by atoms with Crippen LogP contribution in [0.1, 0.15) is 12.5 Å². The molecule has 0 atom stereocenters. The van der Waals surface area contributed by atoms with Gasteiger partial charge in [-0.3, -0.25) is 4.79 Å². The molecule has 15 heavy (non-hydrogen) atoms. The maximum atomic E-state index is 11.0. The molecule has 1 heterocycles. The van der Waals surface area contributed by atoms with E-state index in [0.29, 0.717) is 6.42 Å². The maximum absolute atomic E-state index is 11.0. The minimum absolute atomic E-state index is 0.196. The van der Waals surface area contributed by atoms with Gasteiger partial charge in [-0.15, -0.1) is 0 Å². The lowest BCUT2D eigenvalue weighted by Crippen LogP contribution is -1.95. The van der Waals surface area contributed by atoms with Gasteiger partial charge in [-0.05, 0) is 40.5 Å². The molecule has 2 rings (SSSR count). The zero-order valence-corrected chi connectivity index (χ0v) is 10.3. The molecular formula is C12H12BrNO. The number of nitrogens with zero attached hydrogens (tertiary/aromatic N) is 1. The van der Waals surface area contributed by atoms with Crippen LogP contribution in [0.3, 0.4) is 0 Å². The van der Waals surface area contributed by atoms with Crippen molar-refractivity contribution in [3.05, 3.63) is 34.4 Å². The molecule has 0 radical (unpaired) electrons. The first-order valence-electron chi connectivity index (χ1n) is 4.81. The molecule has 0 spiro atoms. The molecule has 0 bridgehead atoms. The zero-order valence-electron chi connectivity index (χ0n) is 8.75. The summed E-state index contributed by atoms with van der Waals surface area (Å²) < 4.78 is 3.14. The number of fused-ring (bicyclic) bond motifs is 1. The Morgan fingerprint density at radius 2 is 2.20 bits per heavy atom. The summed E-state index contributed by atoms with van der Waals surface area (Å²) in [6.45, 7) is 1.62. The van der Waals surface area contributed by atoms with Crippen molar-refractivity contribution in [1.82, 2.24) is 4.57 Å². The van der Waals surface area contributed by atoms with Crippen LogP contribution in [-0.2, 0) is 18.3 Å². The molecule has 1 aromatic carbocycles. The highest BCUT2D eigenvalue weighted by atomic mass is 79.9. The standard InChI is InChI=1S/C12H12BrNO/c1-8(15)5-9-3-4-12-10(6-9)11(13)7-14(12)2/h3-4,6-7H,5H2,1-2H3. The lowest BCUT2D eigenvalue weighted by atomic mass is 10.1. The van der Waals surface area contributed by atoms with Crippen molar-refractivity contribution in [2.24, 2.45) is 7.05 Å². The predicted octanol–water partition coefficient (Wildman–Crippen LogP) is 3.07. The summed E-state index contributed by atoms with van der Waals surface area (Å²) in [6.07, 6.45) is 2.54. The molecule has 3 heteroatoms. The van der Waals surface area contributed by atoms with Gasteiger partial charge in [0.2, 0.25) is 0 Å². The van der Waals surface area contributed by atoms with E-state index in [1.54, 1.807) is 6.92 Å². The van der Waals surface area contributed by atoms with Gasteiger partial charge in [0.15, 0.2) is 0 Å². The summed E-state index contributed by atoms with van der Waals surface area (Å²) in [5.41, 5.74) is 2.25. The molecule has 2 nitrogen and oxygen atoms in total. The predicted molar refractivity (Wildman–Crippen MR) is 65.0 cm³/mol. The van der Waals surface area contributed by atoms with E-state index in [2.05, 4.69) is 32.6 Å². The Kier molecular flexibility index (Phi) is 2.65. The zero-order chi connectivity index (χ0) is 11.0. The SMILES string of the molecule is CC(=O)Cc1ccc2c(c1)c(Br)cn2C. The number of halogens is 1. The van der Waals surface area contributed by atoms with Gasteiger partial charge in [-0.2, -0.15) is 0 Å². The summed E-state index contributed by atoms with van der Waals surface area (Å²) in [4.78, 5) is 11.0. The minimum atomic E-state index is 0.196. The van der Waals surface area contributed by atoms with Gasteiger partial charge < -0.3 is 4.57 Å². The number of aromatic nitrogens is 1. The molecule has 0 saturated heterocycles. The number of Topliss-reactive ketones (excluding diaryl/α,β-unsaturated/α-hetero) is 1. The van der Waals surface area contributed by atoms with Crippen LogP contribution in [0.4, 0.5) is 0 Å². The number of rotatable bonds is 2. The Bertz CT molecular complexity index is 528. The number of hydrogen-bond acceptors (Lipinski definition) is 1. The van der Waals surface area contributed by atoms with Crippen LogP contribution >= 0.6 is 15.9 Å². The quantitative estimate of drug-likeness (QED) is 0.818. The summed E-state index contributed by atoms with van der Waals surface area (Å²) in [5, 5.41) is 1.16. The maximum Gasteiger partial charge on any atom is 0.134 e. The Morgan fingerprint density at radius 1 is 1.47 bits per heavy atom. The summed E-state index contributed by atoms with van der Waals surface area (Å²) >= 11 is 3.51. The van der Waals surface area contributed by atoms with Crippen LogP contribution in [-0.4, -0.2) is 10.4 Å². The van der Waals surface area contributed by atoms with Crippen molar-refractivity contribution < 1.29 is 4.79 Å². The monoisotopic (exact) mass is 265 g/mol. The second-order valence-corrected chi connectivity index (χ2v) is 4.67. The Hall–Kier alpha value is -1.09. The van der Waals surface area contributed by atoms with Crippen molar-refractivity contribution in [3.63, 3.8) is 0 Å². The fourth-order valence-electron chi connectivity index (χ4n) is 1.79. The molecule has 2 aromatic rings. The average Bonchev–Trinajstić information content (AvgIpc) is 2.41. The third-order valence-electron chi connectivity index (χ3n) is 2.46. The fraction of sp³-hybridized carbons (Fsp3) is 0.250. The third kappa shape index (κ3) is 1.97. The number of aryl methyl sites for hydroxylation is 1. The first kappa shape index (κ1) is 10.4. The minimum Gasteiger partial charge on any atom is -0.349 e.